The van der Waals surface area contributed by atoms with Gasteiger partial charge in [0, 0.05) is 31.5 Å². The summed E-state index contributed by atoms with van der Waals surface area (Å²) >= 11 is 0. The molecule has 21 heavy (non-hydrogen) atoms. The summed E-state index contributed by atoms with van der Waals surface area (Å²) in [5.74, 6) is -0.218. The van der Waals surface area contributed by atoms with Crippen LogP contribution < -0.4 is 11.3 Å². The zero-order valence-corrected chi connectivity index (χ0v) is 11.7. The van der Waals surface area contributed by atoms with Crippen molar-refractivity contribution in [1.29, 1.82) is 0 Å². The number of H-pyrrole nitrogens is 1. The normalized spacial score (nSPS) is 10.3. The van der Waals surface area contributed by atoms with Gasteiger partial charge in [-0.25, -0.2) is 0 Å². The number of pyridine rings is 2. The highest BCUT2D eigenvalue weighted by Gasteiger charge is 2.16. The predicted octanol–water partition coefficient (Wildman–Crippen LogP) is 0.761. The van der Waals surface area contributed by atoms with Crippen LogP contribution in [0.2, 0.25) is 0 Å². The van der Waals surface area contributed by atoms with Crippen LogP contribution in [0, 0.1) is 0 Å². The molecule has 2 aromatic heterocycles. The molecule has 110 valence electrons. The molecule has 0 bridgehead atoms. The fourth-order valence-electron chi connectivity index (χ4n) is 1.99. The molecule has 0 atom stereocenters. The number of nitrogens with zero attached hydrogens (tertiary/aromatic N) is 2. The number of aromatic nitrogens is 2. The Bertz CT molecular complexity index is 639. The number of hydrogen-bond acceptors (Lipinski definition) is 4. The van der Waals surface area contributed by atoms with Crippen molar-refractivity contribution in [2.45, 2.75) is 13.0 Å². The number of nitrogens with one attached hydrogen (secondary N) is 1. The summed E-state index contributed by atoms with van der Waals surface area (Å²) in [5, 5.41) is 0. The van der Waals surface area contributed by atoms with Crippen LogP contribution in [0.4, 0.5) is 0 Å². The van der Waals surface area contributed by atoms with E-state index >= 15 is 0 Å². The van der Waals surface area contributed by atoms with Gasteiger partial charge in [-0.2, -0.15) is 0 Å². The number of nitrogens with two attached hydrogens (primary N) is 1. The van der Waals surface area contributed by atoms with Gasteiger partial charge in [-0.3, -0.25) is 14.6 Å². The van der Waals surface area contributed by atoms with Crippen LogP contribution in [0.25, 0.3) is 0 Å². The van der Waals surface area contributed by atoms with Crippen molar-refractivity contribution in [3.63, 3.8) is 0 Å². The van der Waals surface area contributed by atoms with Crippen molar-refractivity contribution in [2.24, 2.45) is 5.73 Å². The van der Waals surface area contributed by atoms with Crippen LogP contribution in [0.5, 0.6) is 0 Å². The van der Waals surface area contributed by atoms with Crippen LogP contribution in [0.3, 0.4) is 0 Å². The first kappa shape index (κ1) is 14.9. The van der Waals surface area contributed by atoms with Gasteiger partial charge in [-0.15, -0.1) is 0 Å². The summed E-state index contributed by atoms with van der Waals surface area (Å²) in [4.78, 5) is 32.1. The highest BCUT2D eigenvalue weighted by molar-refractivity contribution is 5.92. The minimum absolute atomic E-state index is 0.218. The molecule has 0 aliphatic rings. The molecule has 0 fully saturated rings. The molecule has 0 unspecified atom stereocenters. The predicted molar refractivity (Wildman–Crippen MR) is 79.7 cm³/mol. The first-order valence-corrected chi connectivity index (χ1v) is 6.78. The average Bonchev–Trinajstić information content (AvgIpc) is 2.51. The molecule has 2 heterocycles. The lowest BCUT2D eigenvalue weighted by Crippen LogP contribution is -2.34. The standard InChI is InChI=1S/C15H18N4O2/c16-7-3-9-19(11-12-4-2-8-17-10-12)15(21)13-5-1-6-14(20)18-13/h1-2,4-6,8,10H,3,7,9,11,16H2,(H,18,20). The van der Waals surface area contributed by atoms with Crippen molar-refractivity contribution >= 4 is 5.91 Å². The Hall–Kier alpha value is -2.47. The summed E-state index contributed by atoms with van der Waals surface area (Å²) < 4.78 is 0. The fraction of sp³-hybridized carbons (Fsp3) is 0.267. The average molecular weight is 286 g/mol. The molecule has 0 saturated heterocycles. The molecule has 0 aliphatic heterocycles. The minimum atomic E-state index is -0.291. The van der Waals surface area contributed by atoms with E-state index in [1.165, 1.54) is 6.07 Å². The number of rotatable bonds is 6. The number of carbonyl (C=O) groups excluding carboxylic acids is 1. The fourth-order valence-corrected chi connectivity index (χ4v) is 1.99. The molecular formula is C15H18N4O2. The van der Waals surface area contributed by atoms with Crippen molar-refractivity contribution in [2.75, 3.05) is 13.1 Å². The molecular weight excluding hydrogens is 268 g/mol. The lowest BCUT2D eigenvalue weighted by Gasteiger charge is -2.22. The van der Waals surface area contributed by atoms with E-state index in [4.69, 9.17) is 5.73 Å². The first-order chi connectivity index (χ1) is 10.2. The molecule has 3 N–H and O–H groups in total. The Morgan fingerprint density at radius 3 is 2.81 bits per heavy atom. The molecule has 1 amide bonds. The first-order valence-electron chi connectivity index (χ1n) is 6.78. The number of hydrogen-bond donors (Lipinski definition) is 2. The Kier molecular flexibility index (Phi) is 5.22. The minimum Gasteiger partial charge on any atom is -0.333 e. The third-order valence-electron chi connectivity index (χ3n) is 3.01. The van der Waals surface area contributed by atoms with E-state index in [0.29, 0.717) is 26.1 Å². The van der Waals surface area contributed by atoms with Gasteiger partial charge >= 0.3 is 0 Å². The Labute approximate surface area is 122 Å². The van der Waals surface area contributed by atoms with E-state index < -0.39 is 0 Å². The third-order valence-corrected chi connectivity index (χ3v) is 3.01. The van der Waals surface area contributed by atoms with Crippen LogP contribution in [0.1, 0.15) is 22.5 Å². The summed E-state index contributed by atoms with van der Waals surface area (Å²) in [5.41, 5.74) is 6.45. The molecule has 2 rings (SSSR count). The van der Waals surface area contributed by atoms with E-state index in [1.807, 2.05) is 12.1 Å². The summed E-state index contributed by atoms with van der Waals surface area (Å²) in [6, 6.07) is 8.27. The topological polar surface area (TPSA) is 92.1 Å². The van der Waals surface area contributed by atoms with E-state index in [-0.39, 0.29) is 17.2 Å². The molecule has 6 nitrogen and oxygen atoms in total. The highest BCUT2D eigenvalue weighted by Crippen LogP contribution is 2.08. The molecule has 0 spiro atoms. The second-order valence-corrected chi connectivity index (χ2v) is 4.66. The van der Waals surface area contributed by atoms with Gasteiger partial charge in [0.1, 0.15) is 5.69 Å². The van der Waals surface area contributed by atoms with Gasteiger partial charge in [0.25, 0.3) is 5.91 Å². The van der Waals surface area contributed by atoms with Gasteiger partial charge in [0.15, 0.2) is 0 Å². The Balaban J connectivity index is 2.18. The van der Waals surface area contributed by atoms with E-state index in [9.17, 15) is 9.59 Å². The SMILES string of the molecule is NCCCN(Cc1cccnc1)C(=O)c1cccc(=O)[nH]1. The molecule has 2 aromatic rings. The second kappa shape index (κ2) is 7.35. The quantitative estimate of drug-likeness (QED) is 0.820. The van der Waals surface area contributed by atoms with E-state index in [2.05, 4.69) is 9.97 Å². The lowest BCUT2D eigenvalue weighted by molar-refractivity contribution is 0.0736. The van der Waals surface area contributed by atoms with Gasteiger partial charge in [-0.05, 0) is 30.7 Å². The van der Waals surface area contributed by atoms with Crippen molar-refractivity contribution in [1.82, 2.24) is 14.9 Å². The number of aromatic amines is 1. The van der Waals surface area contributed by atoms with Gasteiger partial charge in [-0.1, -0.05) is 12.1 Å². The van der Waals surface area contributed by atoms with E-state index in [0.717, 1.165) is 5.56 Å². The van der Waals surface area contributed by atoms with Crippen molar-refractivity contribution in [3.8, 4) is 0 Å². The molecule has 0 radical (unpaired) electrons. The van der Waals surface area contributed by atoms with Crippen molar-refractivity contribution < 1.29 is 4.79 Å². The van der Waals surface area contributed by atoms with E-state index in [1.54, 1.807) is 29.4 Å². The van der Waals surface area contributed by atoms with Crippen molar-refractivity contribution in [3.05, 3.63) is 64.3 Å². The maximum absolute atomic E-state index is 12.5. The van der Waals surface area contributed by atoms with Gasteiger partial charge in [0.2, 0.25) is 5.56 Å². The largest absolute Gasteiger partial charge is 0.333 e. The second-order valence-electron chi connectivity index (χ2n) is 4.66. The van der Waals surface area contributed by atoms with Crippen LogP contribution >= 0.6 is 0 Å². The Morgan fingerprint density at radius 1 is 1.29 bits per heavy atom. The number of carbonyl (C=O) groups is 1. The summed E-state index contributed by atoms with van der Waals surface area (Å²) in [6.07, 6.45) is 4.10. The molecule has 0 aromatic carbocycles. The molecule has 0 saturated carbocycles. The van der Waals surface area contributed by atoms with Gasteiger partial charge < -0.3 is 15.6 Å². The monoisotopic (exact) mass is 286 g/mol. The third kappa shape index (κ3) is 4.25. The highest BCUT2D eigenvalue weighted by atomic mass is 16.2. The number of amides is 1. The smallest absolute Gasteiger partial charge is 0.270 e. The maximum Gasteiger partial charge on any atom is 0.270 e. The zero-order chi connectivity index (χ0) is 15.1. The lowest BCUT2D eigenvalue weighted by atomic mass is 10.2. The Morgan fingerprint density at radius 2 is 2.14 bits per heavy atom. The summed E-state index contributed by atoms with van der Waals surface area (Å²) in [7, 11) is 0. The van der Waals surface area contributed by atoms with Crippen LogP contribution in [0.15, 0.2) is 47.5 Å². The maximum atomic E-state index is 12.5. The zero-order valence-electron chi connectivity index (χ0n) is 11.7. The van der Waals surface area contributed by atoms with Crippen LogP contribution in [-0.2, 0) is 6.54 Å². The molecule has 6 heteroatoms. The van der Waals surface area contributed by atoms with Gasteiger partial charge in [0.05, 0.1) is 0 Å². The summed E-state index contributed by atoms with van der Waals surface area (Å²) in [6.45, 7) is 1.47. The van der Waals surface area contributed by atoms with Crippen LogP contribution in [-0.4, -0.2) is 33.9 Å². The molecule has 0 aliphatic carbocycles.